The van der Waals surface area contributed by atoms with E-state index in [1.807, 2.05) is 41.3 Å². The van der Waals surface area contributed by atoms with Crippen LogP contribution in [0.3, 0.4) is 0 Å². The van der Waals surface area contributed by atoms with Crippen LogP contribution in [0.15, 0.2) is 36.4 Å². The number of nitrogens with zero attached hydrogens (tertiary/aromatic N) is 2. The molecule has 0 atom stereocenters. The zero-order valence-electron chi connectivity index (χ0n) is 15.5. The van der Waals surface area contributed by atoms with E-state index >= 15 is 0 Å². The lowest BCUT2D eigenvalue weighted by Crippen LogP contribution is -2.35. The number of hydrogen-bond acceptors (Lipinski definition) is 4. The molecule has 3 aromatic rings. The maximum absolute atomic E-state index is 13.1. The molecule has 0 unspecified atom stereocenters. The first-order chi connectivity index (χ1) is 13.5. The van der Waals surface area contributed by atoms with Gasteiger partial charge in [0.25, 0.3) is 5.91 Å². The van der Waals surface area contributed by atoms with E-state index in [9.17, 15) is 9.59 Å². The molecule has 1 aliphatic heterocycles. The van der Waals surface area contributed by atoms with Crippen molar-refractivity contribution in [3.05, 3.63) is 46.3 Å². The van der Waals surface area contributed by atoms with Crippen LogP contribution in [0, 0.1) is 0 Å². The third kappa shape index (κ3) is 3.75. The van der Waals surface area contributed by atoms with Gasteiger partial charge >= 0.3 is 0 Å². The molecule has 0 bridgehead atoms. The second-order valence-corrected chi connectivity index (χ2v) is 8.33. The summed E-state index contributed by atoms with van der Waals surface area (Å²) >= 11 is 7.31. The highest BCUT2D eigenvalue weighted by atomic mass is 35.5. The fraction of sp³-hybridized carbons (Fsp3) is 0.286. The topological polar surface area (TPSA) is 62.3 Å². The third-order valence-corrected chi connectivity index (χ3v) is 6.17. The van der Waals surface area contributed by atoms with Gasteiger partial charge in [0.15, 0.2) is 0 Å². The molecule has 1 N–H and O–H groups in total. The summed E-state index contributed by atoms with van der Waals surface area (Å²) in [6.07, 6.45) is 3.19. The molecule has 7 heteroatoms. The van der Waals surface area contributed by atoms with Gasteiger partial charge in [-0.05, 0) is 43.5 Å². The van der Waals surface area contributed by atoms with E-state index in [4.69, 9.17) is 16.6 Å². The van der Waals surface area contributed by atoms with Crippen molar-refractivity contribution in [1.82, 2.24) is 9.88 Å². The Morgan fingerprint density at radius 2 is 1.79 bits per heavy atom. The molecule has 5 nitrogen and oxygen atoms in total. The van der Waals surface area contributed by atoms with E-state index in [2.05, 4.69) is 5.32 Å². The fourth-order valence-electron chi connectivity index (χ4n) is 3.45. The van der Waals surface area contributed by atoms with Gasteiger partial charge in [0, 0.05) is 36.0 Å². The largest absolute Gasteiger partial charge is 0.338 e. The molecule has 3 heterocycles. The number of thiophene rings is 1. The van der Waals surface area contributed by atoms with Crippen LogP contribution in [-0.2, 0) is 4.79 Å². The van der Waals surface area contributed by atoms with E-state index in [0.717, 1.165) is 53.8 Å². The van der Waals surface area contributed by atoms with Crippen molar-refractivity contribution in [2.75, 3.05) is 18.4 Å². The van der Waals surface area contributed by atoms with Gasteiger partial charge in [0.1, 0.15) is 9.71 Å². The first-order valence-corrected chi connectivity index (χ1v) is 10.5. The van der Waals surface area contributed by atoms with Crippen molar-refractivity contribution >= 4 is 50.7 Å². The Morgan fingerprint density at radius 1 is 1.07 bits per heavy atom. The van der Waals surface area contributed by atoms with Crippen LogP contribution in [0.5, 0.6) is 0 Å². The van der Waals surface area contributed by atoms with Crippen molar-refractivity contribution < 1.29 is 9.59 Å². The third-order valence-electron chi connectivity index (χ3n) is 4.83. The van der Waals surface area contributed by atoms with E-state index < -0.39 is 0 Å². The second-order valence-electron chi connectivity index (χ2n) is 6.90. The Bertz CT molecular complexity index is 1040. The molecular formula is C21H20ClN3O2S. The number of piperidine rings is 1. The average Bonchev–Trinajstić information content (AvgIpc) is 3.05. The highest BCUT2D eigenvalue weighted by Gasteiger charge is 2.25. The Balaban J connectivity index is 1.78. The first kappa shape index (κ1) is 18.9. The molecule has 4 rings (SSSR count). The number of carbonyl (C=O) groups is 2. The molecule has 28 heavy (non-hydrogen) atoms. The van der Waals surface area contributed by atoms with Gasteiger partial charge < -0.3 is 10.2 Å². The number of fused-ring (bicyclic) bond motifs is 1. The lowest BCUT2D eigenvalue weighted by atomic mass is 10.1. The summed E-state index contributed by atoms with van der Waals surface area (Å²) in [5.74, 6) is -0.228. The minimum Gasteiger partial charge on any atom is -0.338 e. The summed E-state index contributed by atoms with van der Waals surface area (Å²) in [4.78, 5) is 32.8. The van der Waals surface area contributed by atoms with Gasteiger partial charge in [-0.3, -0.25) is 9.59 Å². The molecule has 1 saturated heterocycles. The van der Waals surface area contributed by atoms with Crippen molar-refractivity contribution in [2.24, 2.45) is 0 Å². The lowest BCUT2D eigenvalue weighted by molar-refractivity contribution is -0.114. The van der Waals surface area contributed by atoms with Gasteiger partial charge in [0.2, 0.25) is 5.91 Å². The molecule has 1 aromatic carbocycles. The Morgan fingerprint density at radius 3 is 2.46 bits per heavy atom. The predicted molar refractivity (Wildman–Crippen MR) is 114 cm³/mol. The number of aromatic nitrogens is 1. The molecule has 0 aliphatic carbocycles. The quantitative estimate of drug-likeness (QED) is 0.641. The maximum atomic E-state index is 13.1. The van der Waals surface area contributed by atoms with Crippen LogP contribution < -0.4 is 5.32 Å². The van der Waals surface area contributed by atoms with Gasteiger partial charge in [-0.1, -0.05) is 23.7 Å². The number of nitrogens with one attached hydrogen (secondary N) is 1. The average molecular weight is 414 g/mol. The molecule has 0 saturated carbocycles. The van der Waals surface area contributed by atoms with Crippen molar-refractivity contribution in [3.63, 3.8) is 0 Å². The zero-order valence-corrected chi connectivity index (χ0v) is 17.1. The van der Waals surface area contributed by atoms with Gasteiger partial charge in [0.05, 0.1) is 11.4 Å². The second kappa shape index (κ2) is 7.89. The highest BCUT2D eigenvalue weighted by molar-refractivity contribution is 7.21. The fourth-order valence-corrected chi connectivity index (χ4v) is 4.67. The number of hydrogen-bond donors (Lipinski definition) is 1. The molecule has 144 valence electrons. The summed E-state index contributed by atoms with van der Waals surface area (Å²) in [7, 11) is 0. The summed E-state index contributed by atoms with van der Waals surface area (Å²) in [6.45, 7) is 2.97. The van der Waals surface area contributed by atoms with Crippen molar-refractivity contribution in [3.8, 4) is 11.3 Å². The number of rotatable bonds is 3. The minimum atomic E-state index is -0.200. The number of amides is 2. The predicted octanol–water partition coefficient (Wildman–Crippen LogP) is 5.20. The van der Waals surface area contributed by atoms with Gasteiger partial charge in [-0.25, -0.2) is 4.98 Å². The number of anilines is 1. The number of halogens is 1. The Hall–Kier alpha value is -2.44. The molecule has 2 aromatic heterocycles. The molecule has 1 aliphatic rings. The van der Waals surface area contributed by atoms with E-state index in [1.165, 1.54) is 18.3 Å². The first-order valence-electron chi connectivity index (χ1n) is 9.29. The van der Waals surface area contributed by atoms with Gasteiger partial charge in [-0.15, -0.1) is 11.3 Å². The van der Waals surface area contributed by atoms with Crippen LogP contribution >= 0.6 is 22.9 Å². The van der Waals surface area contributed by atoms with Gasteiger partial charge in [-0.2, -0.15) is 0 Å². The molecule has 0 radical (unpaired) electrons. The minimum absolute atomic E-state index is 0.0282. The zero-order chi connectivity index (χ0) is 19.7. The monoisotopic (exact) mass is 413 g/mol. The standard InChI is InChI=1S/C21H20ClN3O2S/c1-13(26)23-18-16-9-10-17(14-5-7-15(22)8-6-14)24-20(16)28-19(18)21(27)25-11-3-2-4-12-25/h5-10H,2-4,11-12H2,1H3,(H,23,26). The number of pyridine rings is 1. The van der Waals surface area contributed by atoms with Crippen LogP contribution in [0.25, 0.3) is 21.5 Å². The summed E-state index contributed by atoms with van der Waals surface area (Å²) in [6, 6.07) is 11.3. The smallest absolute Gasteiger partial charge is 0.266 e. The van der Waals surface area contributed by atoms with Crippen LogP contribution in [-0.4, -0.2) is 34.8 Å². The Labute approximate surface area is 172 Å². The van der Waals surface area contributed by atoms with E-state index in [0.29, 0.717) is 15.6 Å². The number of likely N-dealkylation sites (tertiary alicyclic amines) is 1. The maximum Gasteiger partial charge on any atom is 0.266 e. The van der Waals surface area contributed by atoms with E-state index in [-0.39, 0.29) is 11.8 Å². The summed E-state index contributed by atoms with van der Waals surface area (Å²) in [5.41, 5.74) is 2.32. The van der Waals surface area contributed by atoms with Crippen LogP contribution in [0.2, 0.25) is 5.02 Å². The normalized spacial score (nSPS) is 14.3. The number of benzene rings is 1. The van der Waals surface area contributed by atoms with E-state index in [1.54, 1.807) is 0 Å². The molecule has 0 spiro atoms. The van der Waals surface area contributed by atoms with Crippen LogP contribution in [0.4, 0.5) is 5.69 Å². The molecular weight excluding hydrogens is 394 g/mol. The summed E-state index contributed by atoms with van der Waals surface area (Å²) in [5, 5.41) is 4.31. The SMILES string of the molecule is CC(=O)Nc1c(C(=O)N2CCCCC2)sc2nc(-c3ccc(Cl)cc3)ccc12. The summed E-state index contributed by atoms with van der Waals surface area (Å²) < 4.78 is 0. The Kier molecular flexibility index (Phi) is 5.33. The van der Waals surface area contributed by atoms with Crippen LogP contribution in [0.1, 0.15) is 35.9 Å². The highest BCUT2D eigenvalue weighted by Crippen LogP contribution is 2.37. The lowest BCUT2D eigenvalue weighted by Gasteiger charge is -2.26. The molecule has 2 amide bonds. The van der Waals surface area contributed by atoms with Crippen molar-refractivity contribution in [2.45, 2.75) is 26.2 Å². The number of carbonyl (C=O) groups excluding carboxylic acids is 2. The van der Waals surface area contributed by atoms with Crippen molar-refractivity contribution in [1.29, 1.82) is 0 Å². The molecule has 1 fully saturated rings.